The summed E-state index contributed by atoms with van der Waals surface area (Å²) in [7, 11) is 0. The van der Waals surface area contributed by atoms with Crippen molar-refractivity contribution in [3.8, 4) is 5.75 Å². The number of rotatable bonds is 20. The minimum Gasteiger partial charge on any atom is -0.465 e. The van der Waals surface area contributed by atoms with Gasteiger partial charge in [0.15, 0.2) is 0 Å². The lowest BCUT2D eigenvalue weighted by Gasteiger charge is -2.28. The Morgan fingerprint density at radius 3 is 1.64 bits per heavy atom. The first kappa shape index (κ1) is 47.7. The molecule has 1 amide bonds. The van der Waals surface area contributed by atoms with Crippen molar-refractivity contribution in [2.75, 3.05) is 45.5 Å². The van der Waals surface area contributed by atoms with Gasteiger partial charge >= 0.3 is 35.9 Å². The monoisotopic (exact) mass is 799 g/mol. The van der Waals surface area contributed by atoms with Crippen molar-refractivity contribution in [3.05, 3.63) is 104 Å². The van der Waals surface area contributed by atoms with Crippen LogP contribution in [-0.2, 0) is 54.1 Å². The largest absolute Gasteiger partial charge is 0.465 e. The van der Waals surface area contributed by atoms with E-state index in [-0.39, 0.29) is 50.6 Å². The summed E-state index contributed by atoms with van der Waals surface area (Å²) < 4.78 is 30.9. The Balaban J connectivity index is 0.000000553. The van der Waals surface area contributed by atoms with Crippen LogP contribution in [-0.4, -0.2) is 87.0 Å². The van der Waals surface area contributed by atoms with Gasteiger partial charge in [-0.15, -0.1) is 23.5 Å². The molecule has 0 bridgehead atoms. The van der Waals surface area contributed by atoms with Crippen molar-refractivity contribution in [1.29, 1.82) is 0 Å². The van der Waals surface area contributed by atoms with Gasteiger partial charge in [0.05, 0.1) is 11.8 Å². The number of carbonyl (C=O) groups excluding carboxylic acids is 6. The summed E-state index contributed by atoms with van der Waals surface area (Å²) in [5, 5.41) is 2.54. The van der Waals surface area contributed by atoms with Gasteiger partial charge in [0.1, 0.15) is 44.3 Å². The lowest BCUT2D eigenvalue weighted by Crippen LogP contribution is -2.54. The van der Waals surface area contributed by atoms with Crippen LogP contribution in [0.3, 0.4) is 0 Å². The van der Waals surface area contributed by atoms with E-state index in [1.54, 1.807) is 42.6 Å². The van der Waals surface area contributed by atoms with E-state index < -0.39 is 46.9 Å². The number of esters is 5. The van der Waals surface area contributed by atoms with Gasteiger partial charge in [-0.05, 0) is 82.2 Å². The SMILES string of the molecule is C=C(C)C(=O)OCC(C)(COC(=O)Cc1cccc(SC)c1)COC(=O)C(=C)C.C=CC(=O)OCC(C)(COC(=O)C=C)NC(=O)Oc1ccc(SC)cc1. The second-order valence-corrected chi connectivity index (χ2v) is 14.3. The average molecular weight is 800 g/mol. The van der Waals surface area contributed by atoms with E-state index in [1.807, 2.05) is 48.9 Å². The third kappa shape index (κ3) is 19.6. The summed E-state index contributed by atoms with van der Waals surface area (Å²) in [4.78, 5) is 72.5. The summed E-state index contributed by atoms with van der Waals surface area (Å²) in [6.45, 7) is 19.2. The Morgan fingerprint density at radius 2 is 1.18 bits per heavy atom. The van der Waals surface area contributed by atoms with Gasteiger partial charge in [-0.3, -0.25) is 4.79 Å². The first-order valence-corrected chi connectivity index (χ1v) is 19.0. The van der Waals surface area contributed by atoms with Crippen LogP contribution in [0.4, 0.5) is 4.79 Å². The molecule has 0 atom stereocenters. The smallest absolute Gasteiger partial charge is 0.413 e. The summed E-state index contributed by atoms with van der Waals surface area (Å²) in [6, 6.07) is 14.5. The molecule has 55 heavy (non-hydrogen) atoms. The fraction of sp³-hybridized carbons (Fsp3) is 0.350. The summed E-state index contributed by atoms with van der Waals surface area (Å²) >= 11 is 3.15. The molecule has 0 aliphatic heterocycles. The number of nitrogens with one attached hydrogen (secondary N) is 1. The van der Waals surface area contributed by atoms with E-state index in [4.69, 9.17) is 28.4 Å². The van der Waals surface area contributed by atoms with E-state index in [9.17, 15) is 28.8 Å². The summed E-state index contributed by atoms with van der Waals surface area (Å²) in [5.74, 6) is -2.56. The lowest BCUT2D eigenvalue weighted by atomic mass is 9.94. The third-order valence-electron chi connectivity index (χ3n) is 6.94. The van der Waals surface area contributed by atoms with Crippen LogP contribution >= 0.6 is 23.5 Å². The quantitative estimate of drug-likeness (QED) is 0.0671. The van der Waals surface area contributed by atoms with Gasteiger partial charge in [-0.25, -0.2) is 24.0 Å². The summed E-state index contributed by atoms with van der Waals surface area (Å²) in [5.41, 5.74) is -0.777. The second kappa shape index (κ2) is 24.2. The van der Waals surface area contributed by atoms with Gasteiger partial charge in [0.2, 0.25) is 0 Å². The van der Waals surface area contributed by atoms with Crippen molar-refractivity contribution in [3.63, 3.8) is 0 Å². The maximum absolute atomic E-state index is 12.3. The predicted molar refractivity (Wildman–Crippen MR) is 211 cm³/mol. The molecule has 2 rings (SSSR count). The molecule has 0 saturated carbocycles. The molecule has 0 heterocycles. The zero-order valence-corrected chi connectivity index (χ0v) is 33.7. The minimum absolute atomic E-state index is 0.0823. The van der Waals surface area contributed by atoms with Crippen molar-refractivity contribution in [1.82, 2.24) is 5.32 Å². The molecule has 15 heteroatoms. The van der Waals surface area contributed by atoms with Gasteiger partial charge in [0.25, 0.3) is 0 Å². The van der Waals surface area contributed by atoms with Crippen LogP contribution in [0.1, 0.15) is 33.3 Å². The maximum Gasteiger partial charge on any atom is 0.413 e. The normalized spacial score (nSPS) is 10.6. The maximum atomic E-state index is 12.3. The van der Waals surface area contributed by atoms with Crippen LogP contribution in [0.25, 0.3) is 0 Å². The van der Waals surface area contributed by atoms with Crippen LogP contribution in [0.15, 0.2) is 108 Å². The Labute approximate surface area is 330 Å². The number of hydrogen-bond acceptors (Lipinski definition) is 14. The molecule has 0 unspecified atom stereocenters. The van der Waals surface area contributed by atoms with Gasteiger partial charge < -0.3 is 33.7 Å². The molecule has 0 fully saturated rings. The van der Waals surface area contributed by atoms with E-state index in [0.29, 0.717) is 5.75 Å². The Kier molecular flexibility index (Phi) is 21.0. The number of hydrogen-bond donors (Lipinski definition) is 1. The van der Waals surface area contributed by atoms with Crippen LogP contribution in [0, 0.1) is 5.41 Å². The molecular weight excluding hydrogens is 751 g/mol. The molecule has 0 spiro atoms. The van der Waals surface area contributed by atoms with Crippen molar-refractivity contribution in [2.45, 2.75) is 49.4 Å². The molecule has 13 nitrogen and oxygen atoms in total. The lowest BCUT2D eigenvalue weighted by molar-refractivity contribution is -0.157. The van der Waals surface area contributed by atoms with Gasteiger partial charge in [-0.2, -0.15) is 0 Å². The molecule has 2 aromatic rings. The van der Waals surface area contributed by atoms with Crippen LogP contribution in [0.5, 0.6) is 5.75 Å². The summed E-state index contributed by atoms with van der Waals surface area (Å²) in [6.07, 6.45) is 5.20. The number of carbonyl (C=O) groups is 6. The van der Waals surface area contributed by atoms with Crippen molar-refractivity contribution in [2.24, 2.45) is 5.41 Å². The molecule has 1 N–H and O–H groups in total. The minimum atomic E-state index is -1.20. The fourth-order valence-electron chi connectivity index (χ4n) is 3.82. The van der Waals surface area contributed by atoms with Crippen molar-refractivity contribution >= 4 is 59.5 Å². The van der Waals surface area contributed by atoms with Gasteiger partial charge in [-0.1, -0.05) is 38.4 Å². The standard InChI is InChI=1S/C22H28O6S.C18H21NO6S/c1-15(2)20(24)27-13-22(5,14-28-21(25)16(3)4)12-26-19(23)11-17-8-7-9-18(10-17)29-6;1-5-15(20)23-11-18(3,12-24-16(21)6-2)19-17(22)25-13-7-9-14(26-4)10-8-13/h7-10H,1,3,11-14H2,2,4-6H3;5-10H,1-2,11-12H2,3-4H3,(H,19,22). The molecule has 298 valence electrons. The number of thioether (sulfide) groups is 2. The van der Waals surface area contributed by atoms with E-state index in [0.717, 1.165) is 27.5 Å². The molecule has 0 aromatic heterocycles. The van der Waals surface area contributed by atoms with Crippen LogP contribution < -0.4 is 10.1 Å². The zero-order valence-electron chi connectivity index (χ0n) is 32.1. The second-order valence-electron chi connectivity index (χ2n) is 12.6. The molecule has 0 aliphatic carbocycles. The molecular formula is C40H49NO12S2. The van der Waals surface area contributed by atoms with Crippen molar-refractivity contribution < 1.29 is 57.2 Å². The Bertz CT molecular complexity index is 1650. The topological polar surface area (TPSA) is 170 Å². The number of ether oxygens (including phenoxy) is 6. The highest BCUT2D eigenvalue weighted by atomic mass is 32.2. The zero-order chi connectivity index (χ0) is 41.6. The van der Waals surface area contributed by atoms with Crippen LogP contribution in [0.2, 0.25) is 0 Å². The highest BCUT2D eigenvalue weighted by Crippen LogP contribution is 2.22. The molecule has 0 saturated heterocycles. The molecule has 2 aromatic carbocycles. The third-order valence-corrected chi connectivity index (χ3v) is 8.41. The van der Waals surface area contributed by atoms with E-state index in [2.05, 4.69) is 31.6 Å². The Hall–Kier alpha value is -5.28. The number of amides is 1. The van der Waals surface area contributed by atoms with E-state index in [1.165, 1.54) is 20.8 Å². The highest BCUT2D eigenvalue weighted by Gasteiger charge is 2.32. The van der Waals surface area contributed by atoms with E-state index >= 15 is 0 Å². The predicted octanol–water partition coefficient (Wildman–Crippen LogP) is 6.45. The van der Waals surface area contributed by atoms with Gasteiger partial charge in [0, 0.05) is 33.1 Å². The highest BCUT2D eigenvalue weighted by molar-refractivity contribution is 7.98. The fourth-order valence-corrected chi connectivity index (χ4v) is 4.71. The number of benzene rings is 2. The Morgan fingerprint density at radius 1 is 0.691 bits per heavy atom. The molecule has 0 radical (unpaired) electrons. The average Bonchev–Trinajstić information content (AvgIpc) is 3.16. The first-order chi connectivity index (χ1) is 25.9. The first-order valence-electron chi connectivity index (χ1n) is 16.5. The molecule has 0 aliphatic rings.